The van der Waals surface area contributed by atoms with Gasteiger partial charge < -0.3 is 15.2 Å². The van der Waals surface area contributed by atoms with Gasteiger partial charge in [-0.15, -0.1) is 0 Å². The maximum absolute atomic E-state index is 12.0. The predicted molar refractivity (Wildman–Crippen MR) is 67.1 cm³/mol. The van der Waals surface area contributed by atoms with E-state index in [0.717, 1.165) is 5.82 Å². The van der Waals surface area contributed by atoms with Crippen molar-refractivity contribution in [1.29, 1.82) is 0 Å². The first-order valence-corrected chi connectivity index (χ1v) is 5.88. The van der Waals surface area contributed by atoms with Crippen LogP contribution in [0, 0.1) is 5.92 Å². The molecule has 0 spiro atoms. The zero-order valence-electron chi connectivity index (χ0n) is 11.1. The van der Waals surface area contributed by atoms with Crippen LogP contribution in [0.15, 0.2) is 12.4 Å². The van der Waals surface area contributed by atoms with Gasteiger partial charge in [-0.1, -0.05) is 13.8 Å². The normalized spacial score (nSPS) is 12.8. The fourth-order valence-corrected chi connectivity index (χ4v) is 1.73. The van der Waals surface area contributed by atoms with Gasteiger partial charge in [-0.25, -0.2) is 4.98 Å². The first-order chi connectivity index (χ1) is 7.91. The fraction of sp³-hybridized carbons (Fsp3) is 0.667. The number of hydrogen-bond acceptors (Lipinski definition) is 3. The third-order valence-corrected chi connectivity index (χ3v) is 2.72. The van der Waals surface area contributed by atoms with Gasteiger partial charge in [0.1, 0.15) is 5.82 Å². The monoisotopic (exact) mass is 238 g/mol. The SMILES string of the molecule is CC(C)C[C@H](N)C(=O)N(C)Cc1nccn1C. The fourth-order valence-electron chi connectivity index (χ4n) is 1.73. The highest BCUT2D eigenvalue weighted by Gasteiger charge is 2.19. The number of rotatable bonds is 5. The average molecular weight is 238 g/mol. The third kappa shape index (κ3) is 3.85. The van der Waals surface area contributed by atoms with Crippen LogP contribution in [0.4, 0.5) is 0 Å². The molecule has 1 amide bonds. The molecule has 5 heteroatoms. The van der Waals surface area contributed by atoms with Crippen LogP contribution >= 0.6 is 0 Å². The molecule has 0 aromatic carbocycles. The lowest BCUT2D eigenvalue weighted by molar-refractivity contribution is -0.132. The minimum absolute atomic E-state index is 0.0262. The lowest BCUT2D eigenvalue weighted by Crippen LogP contribution is -2.42. The molecule has 1 rings (SSSR count). The summed E-state index contributed by atoms with van der Waals surface area (Å²) in [6.07, 6.45) is 4.30. The van der Waals surface area contributed by atoms with Crippen LogP contribution in [0.5, 0.6) is 0 Å². The van der Waals surface area contributed by atoms with E-state index in [-0.39, 0.29) is 5.91 Å². The summed E-state index contributed by atoms with van der Waals surface area (Å²) in [5.74, 6) is 1.26. The van der Waals surface area contributed by atoms with Gasteiger partial charge in [0.15, 0.2) is 0 Å². The van der Waals surface area contributed by atoms with E-state index in [1.807, 2.05) is 17.8 Å². The Morgan fingerprint density at radius 2 is 2.24 bits per heavy atom. The van der Waals surface area contributed by atoms with Crippen LogP contribution < -0.4 is 5.73 Å². The van der Waals surface area contributed by atoms with E-state index in [2.05, 4.69) is 18.8 Å². The van der Waals surface area contributed by atoms with Crippen molar-refractivity contribution in [3.8, 4) is 0 Å². The molecule has 0 aliphatic carbocycles. The molecule has 1 heterocycles. The number of nitrogens with zero attached hydrogens (tertiary/aromatic N) is 3. The van der Waals surface area contributed by atoms with Gasteiger partial charge in [0.25, 0.3) is 0 Å². The van der Waals surface area contributed by atoms with Crippen molar-refractivity contribution in [2.45, 2.75) is 32.9 Å². The first kappa shape index (κ1) is 13.7. The average Bonchev–Trinajstić information content (AvgIpc) is 2.62. The number of aryl methyl sites for hydroxylation is 1. The Kier molecular flexibility index (Phi) is 4.69. The summed E-state index contributed by atoms with van der Waals surface area (Å²) >= 11 is 0. The van der Waals surface area contributed by atoms with E-state index < -0.39 is 6.04 Å². The Morgan fingerprint density at radius 1 is 1.59 bits per heavy atom. The number of likely N-dealkylation sites (N-methyl/N-ethyl adjacent to an activating group) is 1. The third-order valence-electron chi connectivity index (χ3n) is 2.72. The van der Waals surface area contributed by atoms with Crippen LogP contribution in [-0.4, -0.2) is 33.4 Å². The van der Waals surface area contributed by atoms with E-state index >= 15 is 0 Å². The van der Waals surface area contributed by atoms with Crippen molar-refractivity contribution in [2.75, 3.05) is 7.05 Å². The molecule has 0 aliphatic rings. The molecule has 1 aromatic rings. The molecule has 0 aliphatic heterocycles. The summed E-state index contributed by atoms with van der Waals surface area (Å²) in [5, 5.41) is 0. The Bertz CT molecular complexity index is 372. The van der Waals surface area contributed by atoms with Crippen molar-refractivity contribution in [2.24, 2.45) is 18.7 Å². The number of carbonyl (C=O) groups is 1. The lowest BCUT2D eigenvalue weighted by atomic mass is 10.0. The van der Waals surface area contributed by atoms with E-state index in [9.17, 15) is 4.79 Å². The van der Waals surface area contributed by atoms with Crippen LogP contribution in [0.3, 0.4) is 0 Å². The summed E-state index contributed by atoms with van der Waals surface area (Å²) in [6.45, 7) is 4.62. The minimum Gasteiger partial charge on any atom is -0.337 e. The van der Waals surface area contributed by atoms with Gasteiger partial charge >= 0.3 is 0 Å². The van der Waals surface area contributed by atoms with Gasteiger partial charge in [-0.2, -0.15) is 0 Å². The summed E-state index contributed by atoms with van der Waals surface area (Å²) in [6, 6.07) is -0.416. The van der Waals surface area contributed by atoms with E-state index in [1.54, 1.807) is 18.1 Å². The summed E-state index contributed by atoms with van der Waals surface area (Å²) in [4.78, 5) is 17.8. The number of amides is 1. The maximum Gasteiger partial charge on any atom is 0.239 e. The molecule has 0 fully saturated rings. The lowest BCUT2D eigenvalue weighted by Gasteiger charge is -2.22. The molecular weight excluding hydrogens is 216 g/mol. The highest BCUT2D eigenvalue weighted by molar-refractivity contribution is 5.81. The van der Waals surface area contributed by atoms with Crippen molar-refractivity contribution in [1.82, 2.24) is 14.5 Å². The molecular formula is C12H22N4O. The van der Waals surface area contributed by atoms with Crippen LogP contribution in [0.25, 0.3) is 0 Å². The second-order valence-corrected chi connectivity index (χ2v) is 4.88. The zero-order chi connectivity index (χ0) is 13.0. The van der Waals surface area contributed by atoms with Crippen molar-refractivity contribution in [3.05, 3.63) is 18.2 Å². The Hall–Kier alpha value is -1.36. The second kappa shape index (κ2) is 5.82. The molecule has 2 N–H and O–H groups in total. The molecule has 1 atom stereocenters. The standard InChI is InChI=1S/C12H22N4O/c1-9(2)7-10(13)12(17)16(4)8-11-14-5-6-15(11)3/h5-6,9-10H,7-8,13H2,1-4H3/t10-/m0/s1. The van der Waals surface area contributed by atoms with E-state index in [0.29, 0.717) is 18.9 Å². The molecule has 0 saturated carbocycles. The first-order valence-electron chi connectivity index (χ1n) is 5.88. The Morgan fingerprint density at radius 3 is 2.71 bits per heavy atom. The molecule has 5 nitrogen and oxygen atoms in total. The molecule has 0 unspecified atom stereocenters. The largest absolute Gasteiger partial charge is 0.337 e. The van der Waals surface area contributed by atoms with Crippen LogP contribution in [-0.2, 0) is 18.4 Å². The highest BCUT2D eigenvalue weighted by atomic mass is 16.2. The van der Waals surface area contributed by atoms with Crippen LogP contribution in [0.2, 0.25) is 0 Å². The quantitative estimate of drug-likeness (QED) is 0.823. The number of carbonyl (C=O) groups excluding carboxylic acids is 1. The van der Waals surface area contributed by atoms with E-state index in [4.69, 9.17) is 5.73 Å². The predicted octanol–water partition coefficient (Wildman–Crippen LogP) is 0.752. The van der Waals surface area contributed by atoms with Crippen LogP contribution in [0.1, 0.15) is 26.1 Å². The topological polar surface area (TPSA) is 64.2 Å². The smallest absolute Gasteiger partial charge is 0.239 e. The summed E-state index contributed by atoms with van der Waals surface area (Å²) in [7, 11) is 3.67. The Balaban J connectivity index is 2.55. The second-order valence-electron chi connectivity index (χ2n) is 4.88. The molecule has 0 radical (unpaired) electrons. The molecule has 0 bridgehead atoms. The van der Waals surface area contributed by atoms with Gasteiger partial charge in [0, 0.05) is 26.5 Å². The number of nitrogens with two attached hydrogens (primary N) is 1. The van der Waals surface area contributed by atoms with Gasteiger partial charge in [-0.05, 0) is 12.3 Å². The maximum atomic E-state index is 12.0. The van der Waals surface area contributed by atoms with Crippen molar-refractivity contribution >= 4 is 5.91 Å². The van der Waals surface area contributed by atoms with Crippen molar-refractivity contribution in [3.63, 3.8) is 0 Å². The molecule has 0 saturated heterocycles. The number of hydrogen-bond donors (Lipinski definition) is 1. The summed E-state index contributed by atoms with van der Waals surface area (Å²) in [5.41, 5.74) is 5.87. The Labute approximate surface area is 103 Å². The highest BCUT2D eigenvalue weighted by Crippen LogP contribution is 2.07. The zero-order valence-corrected chi connectivity index (χ0v) is 11.1. The number of imidazole rings is 1. The van der Waals surface area contributed by atoms with Gasteiger partial charge in [-0.3, -0.25) is 4.79 Å². The summed E-state index contributed by atoms with van der Waals surface area (Å²) < 4.78 is 1.90. The van der Waals surface area contributed by atoms with Gasteiger partial charge in [0.05, 0.1) is 12.6 Å². The van der Waals surface area contributed by atoms with E-state index in [1.165, 1.54) is 0 Å². The molecule has 17 heavy (non-hydrogen) atoms. The molecule has 1 aromatic heterocycles. The number of aromatic nitrogens is 2. The van der Waals surface area contributed by atoms with Gasteiger partial charge in [0.2, 0.25) is 5.91 Å². The molecule has 96 valence electrons. The van der Waals surface area contributed by atoms with Crippen molar-refractivity contribution < 1.29 is 4.79 Å². The minimum atomic E-state index is -0.416.